The summed E-state index contributed by atoms with van der Waals surface area (Å²) in [5.74, 6) is -7.49. The maximum Gasteiger partial charge on any atom is 0.314 e. The van der Waals surface area contributed by atoms with E-state index in [1.807, 2.05) is 0 Å². The lowest BCUT2D eigenvalue weighted by Gasteiger charge is -2.08. The van der Waals surface area contributed by atoms with Gasteiger partial charge in [-0.25, -0.2) is 26.7 Å². The fraction of sp³-hybridized carbons (Fsp3) is 0. The molecule has 25 heavy (non-hydrogen) atoms. The summed E-state index contributed by atoms with van der Waals surface area (Å²) in [6, 6.07) is 5.86. The first-order valence-corrected chi connectivity index (χ1v) is 8.03. The molecule has 0 aliphatic heterocycles. The fourth-order valence-electron chi connectivity index (χ4n) is 1.72. The van der Waals surface area contributed by atoms with Gasteiger partial charge in [0.05, 0.1) is 10.6 Å². The Kier molecular flexibility index (Phi) is 5.09. The molecule has 0 bridgehead atoms. The number of sulfonamides is 1. The molecule has 0 spiro atoms. The molecule has 2 aromatic carbocycles. The van der Waals surface area contributed by atoms with Gasteiger partial charge in [0.25, 0.3) is 0 Å². The molecule has 0 unspecified atom stereocenters. The molecule has 0 aliphatic rings. The minimum absolute atomic E-state index is 0.0540. The highest BCUT2D eigenvalue weighted by atomic mass is 32.2. The van der Waals surface area contributed by atoms with Crippen molar-refractivity contribution >= 4 is 33.2 Å². The van der Waals surface area contributed by atoms with Crippen LogP contribution in [-0.2, 0) is 19.6 Å². The normalized spacial score (nSPS) is 11.0. The number of amides is 2. The molecule has 0 aromatic heterocycles. The first kappa shape index (κ1) is 18.4. The topological polar surface area (TPSA) is 118 Å². The molecule has 0 fully saturated rings. The number of halogens is 3. The Morgan fingerprint density at radius 3 is 1.96 bits per heavy atom. The fourth-order valence-corrected chi connectivity index (χ4v) is 2.23. The van der Waals surface area contributed by atoms with E-state index in [0.29, 0.717) is 6.07 Å². The van der Waals surface area contributed by atoms with E-state index >= 15 is 0 Å². The first-order chi connectivity index (χ1) is 11.6. The number of hydrogen-bond donors (Lipinski definition) is 3. The van der Waals surface area contributed by atoms with Crippen molar-refractivity contribution in [2.75, 3.05) is 10.6 Å². The number of hydrogen-bond acceptors (Lipinski definition) is 4. The highest BCUT2D eigenvalue weighted by Gasteiger charge is 2.19. The van der Waals surface area contributed by atoms with Crippen molar-refractivity contribution in [3.8, 4) is 0 Å². The summed E-state index contributed by atoms with van der Waals surface area (Å²) in [5.41, 5.74) is -0.665. The Bertz CT molecular complexity index is 947. The molecule has 4 N–H and O–H groups in total. The maximum absolute atomic E-state index is 13.4. The summed E-state index contributed by atoms with van der Waals surface area (Å²) in [6.07, 6.45) is 0. The summed E-state index contributed by atoms with van der Waals surface area (Å²) in [7, 11) is -3.92. The second-order valence-electron chi connectivity index (χ2n) is 4.70. The number of anilines is 2. The molecule has 0 aliphatic carbocycles. The van der Waals surface area contributed by atoms with Crippen molar-refractivity contribution in [1.29, 1.82) is 0 Å². The average Bonchev–Trinajstić information content (AvgIpc) is 2.55. The third kappa shape index (κ3) is 4.33. The van der Waals surface area contributed by atoms with E-state index in [0.717, 1.165) is 18.2 Å². The molecule has 2 rings (SSSR count). The van der Waals surface area contributed by atoms with Crippen LogP contribution in [0.15, 0.2) is 41.3 Å². The largest absolute Gasteiger partial charge is 0.318 e. The molecule has 2 aromatic rings. The van der Waals surface area contributed by atoms with Gasteiger partial charge in [0.2, 0.25) is 10.0 Å². The second-order valence-corrected chi connectivity index (χ2v) is 6.26. The Balaban J connectivity index is 2.08. The van der Waals surface area contributed by atoms with Crippen LogP contribution in [0.25, 0.3) is 0 Å². The zero-order valence-corrected chi connectivity index (χ0v) is 13.0. The van der Waals surface area contributed by atoms with Crippen LogP contribution in [0.5, 0.6) is 0 Å². The molecule has 0 saturated carbocycles. The van der Waals surface area contributed by atoms with Crippen molar-refractivity contribution in [1.82, 2.24) is 0 Å². The van der Waals surface area contributed by atoms with Crippen molar-refractivity contribution in [3.05, 3.63) is 53.8 Å². The van der Waals surface area contributed by atoms with Crippen molar-refractivity contribution < 1.29 is 31.2 Å². The zero-order chi connectivity index (χ0) is 18.8. The standard InChI is InChI=1S/C14H10F3N3O4S/c15-9-5-6-10(12(17)11(9)16)20-14(22)13(21)19-7-1-3-8(4-2-7)25(18,23)24/h1-6H,(H,19,21)(H,20,22)(H2,18,23,24). The first-order valence-electron chi connectivity index (χ1n) is 6.48. The maximum atomic E-state index is 13.4. The van der Waals surface area contributed by atoms with E-state index in [1.54, 1.807) is 5.32 Å². The van der Waals surface area contributed by atoms with Crippen LogP contribution in [0.4, 0.5) is 24.5 Å². The molecular formula is C14H10F3N3O4S. The molecule has 0 heterocycles. The number of nitrogens with one attached hydrogen (secondary N) is 2. The average molecular weight is 373 g/mol. The van der Waals surface area contributed by atoms with Crippen LogP contribution in [0, 0.1) is 17.5 Å². The monoisotopic (exact) mass is 373 g/mol. The van der Waals surface area contributed by atoms with Crippen LogP contribution in [0.1, 0.15) is 0 Å². The Morgan fingerprint density at radius 1 is 0.840 bits per heavy atom. The molecule has 7 nitrogen and oxygen atoms in total. The number of nitrogens with two attached hydrogens (primary N) is 1. The summed E-state index contributed by atoms with van der Waals surface area (Å²) >= 11 is 0. The predicted molar refractivity (Wildman–Crippen MR) is 81.4 cm³/mol. The van der Waals surface area contributed by atoms with Gasteiger partial charge in [0.1, 0.15) is 0 Å². The third-order valence-electron chi connectivity index (χ3n) is 2.93. The summed E-state index contributed by atoms with van der Waals surface area (Å²) in [4.78, 5) is 23.2. The minimum atomic E-state index is -3.92. The lowest BCUT2D eigenvalue weighted by atomic mass is 10.2. The van der Waals surface area contributed by atoms with Crippen molar-refractivity contribution in [2.45, 2.75) is 4.90 Å². The van der Waals surface area contributed by atoms with Crippen LogP contribution in [0.3, 0.4) is 0 Å². The van der Waals surface area contributed by atoms with Gasteiger partial charge in [-0.05, 0) is 36.4 Å². The summed E-state index contributed by atoms with van der Waals surface area (Å²) in [5, 5.41) is 8.80. The number of benzene rings is 2. The molecule has 0 saturated heterocycles. The molecule has 132 valence electrons. The van der Waals surface area contributed by atoms with Gasteiger partial charge >= 0.3 is 11.8 Å². The Labute approximate surface area is 139 Å². The Morgan fingerprint density at radius 2 is 1.40 bits per heavy atom. The zero-order valence-electron chi connectivity index (χ0n) is 12.2. The lowest BCUT2D eigenvalue weighted by Crippen LogP contribution is -2.29. The van der Waals surface area contributed by atoms with Crippen LogP contribution in [0.2, 0.25) is 0 Å². The molecule has 0 atom stereocenters. The quantitative estimate of drug-likeness (QED) is 0.555. The molecular weight excluding hydrogens is 363 g/mol. The van der Waals surface area contributed by atoms with Gasteiger partial charge in [-0.3, -0.25) is 9.59 Å². The smallest absolute Gasteiger partial charge is 0.314 e. The van der Waals surface area contributed by atoms with Gasteiger partial charge in [-0.2, -0.15) is 0 Å². The number of primary sulfonamides is 1. The second kappa shape index (κ2) is 6.91. The van der Waals surface area contributed by atoms with Crippen molar-refractivity contribution in [3.63, 3.8) is 0 Å². The van der Waals surface area contributed by atoms with Gasteiger partial charge in [0.15, 0.2) is 17.5 Å². The highest BCUT2D eigenvalue weighted by molar-refractivity contribution is 7.89. The number of rotatable bonds is 3. The van der Waals surface area contributed by atoms with Crippen molar-refractivity contribution in [2.24, 2.45) is 5.14 Å². The van der Waals surface area contributed by atoms with Gasteiger partial charge in [0, 0.05) is 5.69 Å². The molecule has 0 radical (unpaired) electrons. The van der Waals surface area contributed by atoms with E-state index in [2.05, 4.69) is 5.32 Å². The van der Waals surface area contributed by atoms with E-state index in [-0.39, 0.29) is 10.6 Å². The van der Waals surface area contributed by atoms with Gasteiger partial charge in [-0.1, -0.05) is 0 Å². The van der Waals surface area contributed by atoms with E-state index in [1.165, 1.54) is 12.1 Å². The third-order valence-corrected chi connectivity index (χ3v) is 3.86. The van der Waals surface area contributed by atoms with Gasteiger partial charge < -0.3 is 10.6 Å². The highest BCUT2D eigenvalue weighted by Crippen LogP contribution is 2.19. The van der Waals surface area contributed by atoms with E-state index in [4.69, 9.17) is 5.14 Å². The molecule has 11 heteroatoms. The Hall–Kier alpha value is -2.92. The number of carbonyl (C=O) groups excluding carboxylic acids is 2. The minimum Gasteiger partial charge on any atom is -0.318 e. The van der Waals surface area contributed by atoms with Crippen LogP contribution >= 0.6 is 0 Å². The van der Waals surface area contributed by atoms with E-state index < -0.39 is 45.0 Å². The SMILES string of the molecule is NS(=O)(=O)c1ccc(NC(=O)C(=O)Nc2ccc(F)c(F)c2F)cc1. The van der Waals surface area contributed by atoms with E-state index in [9.17, 15) is 31.2 Å². The summed E-state index contributed by atoms with van der Waals surface area (Å²) in [6.45, 7) is 0. The van der Waals surface area contributed by atoms with Crippen LogP contribution in [-0.4, -0.2) is 20.2 Å². The lowest BCUT2D eigenvalue weighted by molar-refractivity contribution is -0.133. The summed E-state index contributed by atoms with van der Waals surface area (Å²) < 4.78 is 61.5. The predicted octanol–water partition coefficient (Wildman–Crippen LogP) is 1.33. The van der Waals surface area contributed by atoms with Crippen LogP contribution < -0.4 is 15.8 Å². The number of carbonyl (C=O) groups is 2. The molecule has 2 amide bonds. The van der Waals surface area contributed by atoms with Gasteiger partial charge in [-0.15, -0.1) is 0 Å².